The number of carbonyl (C=O) groups is 1. The predicted molar refractivity (Wildman–Crippen MR) is 44.3 cm³/mol. The normalized spacial score (nSPS) is 22.5. The number of hydrogen-bond acceptors (Lipinski definition) is 2. The van der Waals surface area contributed by atoms with E-state index in [1.54, 1.807) is 0 Å². The molecule has 0 aliphatic carbocycles. The van der Waals surface area contributed by atoms with Crippen LogP contribution in [0, 0.1) is 5.41 Å². The van der Waals surface area contributed by atoms with Crippen LogP contribution in [0.4, 0.5) is 0 Å². The van der Waals surface area contributed by atoms with Crippen molar-refractivity contribution in [3.8, 4) is 0 Å². The lowest BCUT2D eigenvalue weighted by Crippen LogP contribution is -2.40. The van der Waals surface area contributed by atoms with E-state index >= 15 is 0 Å². The number of amides is 1. The van der Waals surface area contributed by atoms with E-state index in [0.717, 1.165) is 18.6 Å². The Bertz CT molecular complexity index is 206. The van der Waals surface area contributed by atoms with Crippen LogP contribution < -0.4 is 5.43 Å². The highest BCUT2D eigenvalue weighted by molar-refractivity contribution is 5.95. The van der Waals surface area contributed by atoms with Gasteiger partial charge in [-0.15, -0.1) is 0 Å². The lowest BCUT2D eigenvalue weighted by molar-refractivity contribution is -0.129. The lowest BCUT2D eigenvalue weighted by Gasteiger charge is -2.26. The van der Waals surface area contributed by atoms with E-state index in [4.69, 9.17) is 0 Å². The van der Waals surface area contributed by atoms with Gasteiger partial charge in [-0.3, -0.25) is 4.79 Å². The van der Waals surface area contributed by atoms with Crippen molar-refractivity contribution in [1.82, 2.24) is 5.43 Å². The minimum Gasteiger partial charge on any atom is -0.273 e. The summed E-state index contributed by atoms with van der Waals surface area (Å²) in [5, 5.41) is 3.94. The van der Waals surface area contributed by atoms with Gasteiger partial charge in [-0.1, -0.05) is 20.8 Å². The molecule has 1 rings (SSSR count). The molecule has 3 nitrogen and oxygen atoms in total. The fourth-order valence-electron chi connectivity index (χ4n) is 1.12. The number of hydrazone groups is 1. The van der Waals surface area contributed by atoms with Crippen LogP contribution in [0.3, 0.4) is 0 Å². The highest BCUT2D eigenvalue weighted by atomic mass is 16.2. The van der Waals surface area contributed by atoms with E-state index in [2.05, 4.69) is 10.5 Å². The first-order chi connectivity index (χ1) is 5.06. The molecule has 0 fully saturated rings. The van der Waals surface area contributed by atoms with Crippen LogP contribution in [-0.2, 0) is 4.79 Å². The summed E-state index contributed by atoms with van der Waals surface area (Å²) < 4.78 is 0. The van der Waals surface area contributed by atoms with E-state index in [1.165, 1.54) is 0 Å². The lowest BCUT2D eigenvalue weighted by atomic mass is 9.84. The highest BCUT2D eigenvalue weighted by Crippen LogP contribution is 2.24. The quantitative estimate of drug-likeness (QED) is 0.607. The molecule has 62 valence electrons. The summed E-state index contributed by atoms with van der Waals surface area (Å²) in [4.78, 5) is 11.2. The van der Waals surface area contributed by atoms with Crippen LogP contribution in [0.2, 0.25) is 0 Å². The van der Waals surface area contributed by atoms with Gasteiger partial charge in [0, 0.05) is 12.1 Å². The highest BCUT2D eigenvalue weighted by Gasteiger charge is 2.31. The van der Waals surface area contributed by atoms with E-state index in [9.17, 15) is 4.79 Å². The number of nitrogens with zero attached hydrogens (tertiary/aromatic N) is 1. The second-order valence-corrected chi connectivity index (χ2v) is 3.53. The molecular formula is C8H14N2O. The van der Waals surface area contributed by atoms with Crippen LogP contribution >= 0.6 is 0 Å². The Hall–Kier alpha value is -0.860. The summed E-state index contributed by atoms with van der Waals surface area (Å²) in [6, 6.07) is 0. The summed E-state index contributed by atoms with van der Waals surface area (Å²) in [6.45, 7) is 5.92. The molecule has 0 saturated heterocycles. The second kappa shape index (κ2) is 2.64. The molecule has 0 atom stereocenters. The summed E-state index contributed by atoms with van der Waals surface area (Å²) in [5.74, 6) is 0.0229. The summed E-state index contributed by atoms with van der Waals surface area (Å²) >= 11 is 0. The Labute approximate surface area is 66.9 Å². The topological polar surface area (TPSA) is 41.5 Å². The van der Waals surface area contributed by atoms with Gasteiger partial charge in [0.15, 0.2) is 0 Å². The first-order valence-corrected chi connectivity index (χ1v) is 3.92. The van der Waals surface area contributed by atoms with Gasteiger partial charge in [0.1, 0.15) is 0 Å². The van der Waals surface area contributed by atoms with Gasteiger partial charge < -0.3 is 0 Å². The van der Waals surface area contributed by atoms with Crippen molar-refractivity contribution in [1.29, 1.82) is 0 Å². The third-order valence-corrected chi connectivity index (χ3v) is 1.98. The fraction of sp³-hybridized carbons (Fsp3) is 0.750. The minimum atomic E-state index is -0.271. The molecule has 11 heavy (non-hydrogen) atoms. The number of nitrogens with one attached hydrogen (secondary N) is 1. The van der Waals surface area contributed by atoms with Crippen LogP contribution in [0.15, 0.2) is 5.10 Å². The van der Waals surface area contributed by atoms with Gasteiger partial charge in [-0.25, -0.2) is 5.43 Å². The molecule has 3 heteroatoms. The van der Waals surface area contributed by atoms with E-state index < -0.39 is 0 Å². The molecule has 0 saturated carbocycles. The summed E-state index contributed by atoms with van der Waals surface area (Å²) in [5.41, 5.74) is 3.33. The van der Waals surface area contributed by atoms with Crippen molar-refractivity contribution in [2.45, 2.75) is 33.6 Å². The van der Waals surface area contributed by atoms with Gasteiger partial charge in [0.2, 0.25) is 5.91 Å². The monoisotopic (exact) mass is 154 g/mol. The van der Waals surface area contributed by atoms with E-state index in [-0.39, 0.29) is 11.3 Å². The van der Waals surface area contributed by atoms with Crippen molar-refractivity contribution in [2.75, 3.05) is 0 Å². The zero-order valence-corrected chi connectivity index (χ0v) is 7.27. The average Bonchev–Trinajstić information content (AvgIpc) is 1.95. The fourth-order valence-corrected chi connectivity index (χ4v) is 1.12. The minimum absolute atomic E-state index is 0.0229. The Kier molecular flexibility index (Phi) is 1.98. The molecule has 0 unspecified atom stereocenters. The maximum absolute atomic E-state index is 11.2. The maximum Gasteiger partial charge on any atom is 0.246 e. The van der Waals surface area contributed by atoms with Gasteiger partial charge >= 0.3 is 0 Å². The van der Waals surface area contributed by atoms with Crippen molar-refractivity contribution >= 4 is 11.6 Å². The Morgan fingerprint density at radius 1 is 1.64 bits per heavy atom. The molecular weight excluding hydrogens is 140 g/mol. The molecule has 0 aromatic heterocycles. The molecule has 0 bridgehead atoms. The Balaban J connectivity index is 2.77. The van der Waals surface area contributed by atoms with Gasteiger partial charge in [0.05, 0.1) is 5.41 Å². The predicted octanol–water partition coefficient (Wildman–Crippen LogP) is 1.30. The van der Waals surface area contributed by atoms with Crippen molar-refractivity contribution in [2.24, 2.45) is 10.5 Å². The maximum atomic E-state index is 11.2. The van der Waals surface area contributed by atoms with Crippen LogP contribution in [0.25, 0.3) is 0 Å². The van der Waals surface area contributed by atoms with Crippen molar-refractivity contribution in [3.05, 3.63) is 0 Å². The van der Waals surface area contributed by atoms with E-state index in [1.807, 2.05) is 20.8 Å². The van der Waals surface area contributed by atoms with E-state index in [0.29, 0.717) is 0 Å². The molecule has 0 radical (unpaired) electrons. The number of hydrogen-bond donors (Lipinski definition) is 1. The molecule has 1 heterocycles. The first-order valence-electron chi connectivity index (χ1n) is 3.92. The third kappa shape index (κ3) is 1.59. The van der Waals surface area contributed by atoms with Crippen molar-refractivity contribution in [3.63, 3.8) is 0 Å². The largest absolute Gasteiger partial charge is 0.273 e. The van der Waals surface area contributed by atoms with Crippen LogP contribution in [-0.4, -0.2) is 11.6 Å². The van der Waals surface area contributed by atoms with Crippen molar-refractivity contribution < 1.29 is 4.79 Å². The summed E-state index contributed by atoms with van der Waals surface area (Å²) in [7, 11) is 0. The third-order valence-electron chi connectivity index (χ3n) is 1.98. The number of rotatable bonds is 1. The molecule has 1 amide bonds. The summed E-state index contributed by atoms with van der Waals surface area (Å²) in [6.07, 6.45) is 1.71. The van der Waals surface area contributed by atoms with Gasteiger partial charge in [-0.05, 0) is 6.42 Å². The second-order valence-electron chi connectivity index (χ2n) is 3.53. The molecule has 1 N–H and O–H groups in total. The molecule has 0 spiro atoms. The van der Waals surface area contributed by atoms with Crippen LogP contribution in [0.5, 0.6) is 0 Å². The Morgan fingerprint density at radius 3 is 2.73 bits per heavy atom. The van der Waals surface area contributed by atoms with Crippen LogP contribution in [0.1, 0.15) is 33.6 Å². The average molecular weight is 154 g/mol. The molecule has 0 aromatic carbocycles. The zero-order valence-electron chi connectivity index (χ0n) is 7.27. The molecule has 0 aromatic rings. The Morgan fingerprint density at radius 2 is 2.27 bits per heavy atom. The SMILES string of the molecule is CCC1=NNC(=O)C(C)(C)C1. The standard InChI is InChI=1S/C8H14N2O/c1-4-6-5-8(2,3)7(11)10-9-6/h4-5H2,1-3H3,(H,10,11). The van der Waals surface area contributed by atoms with Gasteiger partial charge in [0.25, 0.3) is 0 Å². The number of carbonyl (C=O) groups excluding carboxylic acids is 1. The zero-order chi connectivity index (χ0) is 8.48. The molecule has 1 aliphatic heterocycles. The van der Waals surface area contributed by atoms with Gasteiger partial charge in [-0.2, -0.15) is 5.10 Å². The first kappa shape index (κ1) is 8.24. The smallest absolute Gasteiger partial charge is 0.246 e. The molecule has 1 aliphatic rings.